The van der Waals surface area contributed by atoms with Gasteiger partial charge in [0.2, 0.25) is 0 Å². The van der Waals surface area contributed by atoms with Crippen molar-refractivity contribution < 1.29 is 4.79 Å². The number of anilines is 1. The van der Waals surface area contributed by atoms with Crippen molar-refractivity contribution >= 4 is 11.6 Å². The first-order chi connectivity index (χ1) is 11.5. The third-order valence-corrected chi connectivity index (χ3v) is 4.72. The first-order valence-electron chi connectivity index (χ1n) is 8.73. The zero-order chi connectivity index (χ0) is 17.7. The van der Waals surface area contributed by atoms with Gasteiger partial charge in [0.25, 0.3) is 5.91 Å². The highest BCUT2D eigenvalue weighted by Crippen LogP contribution is 2.24. The number of carbonyl (C=O) groups excluding carboxylic acids is 1. The minimum Gasteiger partial charge on any atom is -0.373 e. The van der Waals surface area contributed by atoms with Crippen molar-refractivity contribution in [3.05, 3.63) is 40.6 Å². The van der Waals surface area contributed by atoms with Crippen LogP contribution in [0.4, 0.5) is 5.69 Å². The van der Waals surface area contributed by atoms with E-state index in [-0.39, 0.29) is 11.5 Å². The van der Waals surface area contributed by atoms with Crippen LogP contribution in [0.1, 0.15) is 49.3 Å². The zero-order valence-electron chi connectivity index (χ0n) is 15.1. The molecule has 1 aromatic carbocycles. The van der Waals surface area contributed by atoms with E-state index < -0.39 is 0 Å². The van der Waals surface area contributed by atoms with E-state index in [1.54, 1.807) is 6.20 Å². The van der Waals surface area contributed by atoms with E-state index in [0.29, 0.717) is 6.04 Å². The number of aryl methyl sites for hydroxylation is 3. The topological polar surface area (TPSA) is 56.1 Å². The first-order valence-corrected chi connectivity index (χ1v) is 8.73. The monoisotopic (exact) mass is 325 g/mol. The van der Waals surface area contributed by atoms with Gasteiger partial charge >= 0.3 is 0 Å². The van der Waals surface area contributed by atoms with Gasteiger partial charge in [-0.3, -0.25) is 4.79 Å². The highest BCUT2D eigenvalue weighted by molar-refractivity contribution is 6.07. The second kappa shape index (κ2) is 8.01. The quantitative estimate of drug-likeness (QED) is 0.666. The van der Waals surface area contributed by atoms with E-state index in [1.807, 2.05) is 32.9 Å². The number of rotatable bonds is 4. The number of likely N-dealkylation sites (tertiary alicyclic amines) is 1. The molecule has 1 saturated heterocycles. The minimum atomic E-state index is -0.326. The lowest BCUT2D eigenvalue weighted by Crippen LogP contribution is -2.35. The average molecular weight is 325 g/mol. The second-order valence-electron chi connectivity index (χ2n) is 6.68. The summed E-state index contributed by atoms with van der Waals surface area (Å²) in [6, 6.07) is 6.58. The molecule has 1 aromatic rings. The van der Waals surface area contributed by atoms with Crippen LogP contribution in [-0.4, -0.2) is 23.4 Å². The summed E-state index contributed by atoms with van der Waals surface area (Å²) in [7, 11) is 0. The highest BCUT2D eigenvalue weighted by atomic mass is 16.1. The number of hydrogen-bond donors (Lipinski definition) is 1. The summed E-state index contributed by atoms with van der Waals surface area (Å²) in [4.78, 5) is 14.7. The normalized spacial score (nSPS) is 18.2. The molecule has 24 heavy (non-hydrogen) atoms. The van der Waals surface area contributed by atoms with Crippen LogP contribution < -0.4 is 5.32 Å². The van der Waals surface area contributed by atoms with E-state index in [4.69, 9.17) is 0 Å². The summed E-state index contributed by atoms with van der Waals surface area (Å²) in [5.41, 5.74) is 4.18. The molecule has 0 saturated carbocycles. The summed E-state index contributed by atoms with van der Waals surface area (Å²) in [5.74, 6) is -0.326. The SMILES string of the molecule is CCC1CCCCN1/C=C(/C#N)C(=O)Nc1c(C)cc(C)cc1C. The van der Waals surface area contributed by atoms with Crippen molar-refractivity contribution in [3.8, 4) is 6.07 Å². The highest BCUT2D eigenvalue weighted by Gasteiger charge is 2.21. The molecule has 1 amide bonds. The molecular formula is C20H27N3O. The number of nitriles is 1. The minimum absolute atomic E-state index is 0.176. The number of nitrogens with one attached hydrogen (secondary N) is 1. The van der Waals surface area contributed by atoms with Crippen molar-refractivity contribution in [3.63, 3.8) is 0 Å². The standard InChI is InChI=1S/C20H27N3O/c1-5-18-8-6-7-9-23(18)13-17(12-21)20(24)22-19-15(3)10-14(2)11-16(19)4/h10-11,13,18H,5-9H2,1-4H3,(H,22,24)/b17-13-. The van der Waals surface area contributed by atoms with E-state index in [2.05, 4.69) is 23.2 Å². The van der Waals surface area contributed by atoms with Gasteiger partial charge in [0.15, 0.2) is 0 Å². The van der Waals surface area contributed by atoms with Gasteiger partial charge in [-0.2, -0.15) is 5.26 Å². The maximum atomic E-state index is 12.6. The number of piperidine rings is 1. The van der Waals surface area contributed by atoms with Crippen molar-refractivity contribution in [2.45, 2.75) is 59.4 Å². The smallest absolute Gasteiger partial charge is 0.267 e. The summed E-state index contributed by atoms with van der Waals surface area (Å²) in [6.45, 7) is 9.06. The van der Waals surface area contributed by atoms with Crippen molar-refractivity contribution in [2.75, 3.05) is 11.9 Å². The molecule has 128 valence electrons. The molecule has 1 fully saturated rings. The lowest BCUT2D eigenvalue weighted by Gasteiger charge is -2.34. The Morgan fingerprint density at radius 1 is 1.33 bits per heavy atom. The number of nitrogens with zero attached hydrogens (tertiary/aromatic N) is 2. The van der Waals surface area contributed by atoms with Crippen molar-refractivity contribution in [1.29, 1.82) is 5.26 Å². The van der Waals surface area contributed by atoms with Gasteiger partial charge < -0.3 is 10.2 Å². The van der Waals surface area contributed by atoms with Crippen LogP contribution in [0, 0.1) is 32.1 Å². The van der Waals surface area contributed by atoms with Gasteiger partial charge in [0.1, 0.15) is 11.6 Å². The van der Waals surface area contributed by atoms with E-state index in [1.165, 1.54) is 6.42 Å². The molecule has 4 heteroatoms. The summed E-state index contributed by atoms with van der Waals surface area (Å²) in [6.07, 6.45) is 6.25. The Kier molecular flexibility index (Phi) is 6.03. The third kappa shape index (κ3) is 4.17. The molecule has 0 spiro atoms. The van der Waals surface area contributed by atoms with Crippen LogP contribution in [0.15, 0.2) is 23.9 Å². The molecule has 1 atom stereocenters. The fraction of sp³-hybridized carbons (Fsp3) is 0.500. The number of carbonyl (C=O) groups is 1. The van der Waals surface area contributed by atoms with Crippen molar-refractivity contribution in [2.24, 2.45) is 0 Å². The number of amides is 1. The largest absolute Gasteiger partial charge is 0.373 e. The zero-order valence-corrected chi connectivity index (χ0v) is 15.1. The average Bonchev–Trinajstić information content (AvgIpc) is 2.56. The Hall–Kier alpha value is -2.28. The van der Waals surface area contributed by atoms with Crippen LogP contribution in [-0.2, 0) is 4.79 Å². The molecule has 0 radical (unpaired) electrons. The molecule has 0 aromatic heterocycles. The summed E-state index contributed by atoms with van der Waals surface area (Å²) in [5, 5.41) is 12.4. The van der Waals surface area contributed by atoms with Gasteiger partial charge in [-0.1, -0.05) is 24.6 Å². The Bertz CT molecular complexity index is 662. The maximum Gasteiger partial charge on any atom is 0.267 e. The fourth-order valence-corrected chi connectivity index (χ4v) is 3.49. The van der Waals surface area contributed by atoms with E-state index in [9.17, 15) is 10.1 Å². The van der Waals surface area contributed by atoms with E-state index in [0.717, 1.165) is 48.2 Å². The molecule has 4 nitrogen and oxygen atoms in total. The first kappa shape index (κ1) is 18.1. The van der Waals surface area contributed by atoms with Gasteiger partial charge in [-0.25, -0.2) is 0 Å². The molecular weight excluding hydrogens is 298 g/mol. The molecule has 1 heterocycles. The van der Waals surface area contributed by atoms with Gasteiger partial charge in [0.05, 0.1) is 0 Å². The summed E-state index contributed by atoms with van der Waals surface area (Å²) >= 11 is 0. The van der Waals surface area contributed by atoms with Gasteiger partial charge in [0, 0.05) is 24.5 Å². The molecule has 1 aliphatic heterocycles. The summed E-state index contributed by atoms with van der Waals surface area (Å²) < 4.78 is 0. The van der Waals surface area contributed by atoms with E-state index >= 15 is 0 Å². The van der Waals surface area contributed by atoms with Crippen LogP contribution >= 0.6 is 0 Å². The molecule has 1 unspecified atom stereocenters. The molecule has 1 aliphatic rings. The molecule has 1 N–H and O–H groups in total. The Morgan fingerprint density at radius 3 is 2.58 bits per heavy atom. The predicted octanol–water partition coefficient (Wildman–Crippen LogP) is 4.22. The molecule has 0 aliphatic carbocycles. The van der Waals surface area contributed by atoms with Crippen molar-refractivity contribution in [1.82, 2.24) is 4.90 Å². The number of benzene rings is 1. The number of hydrogen-bond acceptors (Lipinski definition) is 3. The lowest BCUT2D eigenvalue weighted by molar-refractivity contribution is -0.112. The second-order valence-corrected chi connectivity index (χ2v) is 6.68. The Balaban J connectivity index is 2.20. The Labute approximate surface area is 145 Å². The third-order valence-electron chi connectivity index (χ3n) is 4.72. The fourth-order valence-electron chi connectivity index (χ4n) is 3.49. The van der Waals surface area contributed by atoms with Gasteiger partial charge in [-0.15, -0.1) is 0 Å². The molecule has 0 bridgehead atoms. The predicted molar refractivity (Wildman–Crippen MR) is 97.6 cm³/mol. The van der Waals surface area contributed by atoms with Gasteiger partial charge in [-0.05, 0) is 57.6 Å². The maximum absolute atomic E-state index is 12.6. The van der Waals surface area contributed by atoms with Crippen LogP contribution in [0.3, 0.4) is 0 Å². The van der Waals surface area contributed by atoms with Crippen LogP contribution in [0.5, 0.6) is 0 Å². The molecule has 2 rings (SSSR count). The Morgan fingerprint density at radius 2 is 2.00 bits per heavy atom. The van der Waals surface area contributed by atoms with Crippen LogP contribution in [0.2, 0.25) is 0 Å². The lowest BCUT2D eigenvalue weighted by atomic mass is 10.0. The van der Waals surface area contributed by atoms with Crippen LogP contribution in [0.25, 0.3) is 0 Å².